The van der Waals surface area contributed by atoms with Crippen LogP contribution in [-0.4, -0.2) is 71.0 Å². The number of carboxylic acids is 1. The Balaban J connectivity index is 1.62. The number of fused-ring (bicyclic) bond motifs is 1. The standard InChI is InChI=1S/C32H33AsFN3O6S/c1-3-43-26-18-20(9-12-25(26)34)28(36-21-10-11-22-19(17-21)13-15-35-30(22)33)31(38)37-16-14-24(32(39)40)29(37)23-7-5-6-8-27(23)44(41,42)4-2/h5-13,15,17-18,24,28-29,36H,3-4,14,16,33H2,1-2H3,(H,39,40)/t24?,28-,29?/m1/s1. The van der Waals surface area contributed by atoms with Gasteiger partial charge in [-0.15, -0.1) is 0 Å². The monoisotopic (exact) mass is 681 g/mol. The zero-order chi connectivity index (χ0) is 31.6. The van der Waals surface area contributed by atoms with E-state index < -0.39 is 45.5 Å². The molecule has 1 saturated heterocycles. The molecule has 2 heterocycles. The van der Waals surface area contributed by atoms with Gasteiger partial charge in [0.2, 0.25) is 0 Å². The molecule has 3 unspecified atom stereocenters. The fourth-order valence-corrected chi connectivity index (χ4v) is 7.60. The van der Waals surface area contributed by atoms with Crippen molar-refractivity contribution in [3.8, 4) is 5.75 Å². The Kier molecular flexibility index (Phi) is 9.27. The van der Waals surface area contributed by atoms with Crippen molar-refractivity contribution in [2.24, 2.45) is 5.92 Å². The normalized spacial score (nSPS) is 17.4. The Hall–Kier alpha value is -3.95. The Labute approximate surface area is 263 Å². The van der Waals surface area contributed by atoms with Crippen LogP contribution >= 0.6 is 0 Å². The predicted molar refractivity (Wildman–Crippen MR) is 168 cm³/mol. The molecule has 3 aromatic carbocycles. The summed E-state index contributed by atoms with van der Waals surface area (Å²) in [5, 5.41) is 15.3. The summed E-state index contributed by atoms with van der Waals surface area (Å²) < 4.78 is 47.1. The van der Waals surface area contributed by atoms with E-state index in [0.717, 1.165) is 15.3 Å². The van der Waals surface area contributed by atoms with Crippen molar-refractivity contribution in [1.29, 1.82) is 0 Å². The molecule has 0 bridgehead atoms. The molecule has 1 aliphatic rings. The van der Waals surface area contributed by atoms with Gasteiger partial charge in [0.25, 0.3) is 0 Å². The first-order chi connectivity index (χ1) is 21.1. The first-order valence-corrected chi connectivity index (χ1v) is 17.1. The number of likely N-dealkylation sites (tertiary alicyclic amines) is 1. The summed E-state index contributed by atoms with van der Waals surface area (Å²) >= 11 is 1.39. The number of nitrogens with zero attached hydrogens (tertiary/aromatic N) is 2. The van der Waals surface area contributed by atoms with Crippen molar-refractivity contribution >= 4 is 59.5 Å². The average molecular weight is 682 g/mol. The molecule has 4 atom stereocenters. The third kappa shape index (κ3) is 6.16. The Morgan fingerprint density at radius 1 is 1.14 bits per heavy atom. The number of carbonyl (C=O) groups is 2. The van der Waals surface area contributed by atoms with Gasteiger partial charge in [0.1, 0.15) is 0 Å². The Bertz CT molecular complexity index is 1840. The number of sulfone groups is 1. The van der Waals surface area contributed by atoms with E-state index in [1.165, 1.54) is 52.9 Å². The number of hydrogen-bond acceptors (Lipinski definition) is 7. The summed E-state index contributed by atoms with van der Waals surface area (Å²) in [7, 11) is -3.74. The van der Waals surface area contributed by atoms with Crippen LogP contribution in [0.3, 0.4) is 0 Å². The molecule has 9 nitrogen and oxygen atoms in total. The van der Waals surface area contributed by atoms with Gasteiger partial charge in [0.05, 0.1) is 5.75 Å². The van der Waals surface area contributed by atoms with E-state index in [-0.39, 0.29) is 41.5 Å². The molecule has 5 rings (SSSR count). The van der Waals surface area contributed by atoms with Gasteiger partial charge in [-0.05, 0) is 13.0 Å². The molecular weight excluding hydrogens is 648 g/mol. The van der Waals surface area contributed by atoms with Gasteiger partial charge in [-0.1, -0.05) is 19.1 Å². The van der Waals surface area contributed by atoms with Crippen LogP contribution in [0.25, 0.3) is 10.8 Å². The van der Waals surface area contributed by atoms with Crippen LogP contribution in [0.4, 0.5) is 10.1 Å². The summed E-state index contributed by atoms with van der Waals surface area (Å²) in [6, 6.07) is 15.8. The van der Waals surface area contributed by atoms with Crippen molar-refractivity contribution in [2.45, 2.75) is 37.2 Å². The van der Waals surface area contributed by atoms with Gasteiger partial charge in [0, 0.05) is 0 Å². The van der Waals surface area contributed by atoms with E-state index in [9.17, 15) is 27.5 Å². The quantitative estimate of drug-likeness (QED) is 0.243. The number of ether oxygens (including phenoxy) is 1. The van der Waals surface area contributed by atoms with E-state index in [2.05, 4.69) is 10.3 Å². The number of benzene rings is 3. The molecule has 1 aromatic heterocycles. The molecule has 1 amide bonds. The minimum absolute atomic E-state index is 0.00322. The number of hydrogen-bond donors (Lipinski definition) is 2. The molecule has 0 spiro atoms. The van der Waals surface area contributed by atoms with E-state index in [1.807, 2.05) is 24.3 Å². The number of amides is 1. The second kappa shape index (κ2) is 13.0. The van der Waals surface area contributed by atoms with Crippen LogP contribution in [0.2, 0.25) is 0 Å². The molecule has 4 aromatic rings. The second-order valence-corrected chi connectivity index (χ2v) is 13.9. The van der Waals surface area contributed by atoms with Crippen LogP contribution in [0, 0.1) is 11.7 Å². The van der Waals surface area contributed by atoms with Gasteiger partial charge in [0.15, 0.2) is 9.84 Å². The maximum absolute atomic E-state index is 14.6. The Morgan fingerprint density at radius 2 is 1.91 bits per heavy atom. The molecule has 0 saturated carbocycles. The van der Waals surface area contributed by atoms with Gasteiger partial charge in [-0.2, -0.15) is 0 Å². The van der Waals surface area contributed by atoms with E-state index >= 15 is 0 Å². The van der Waals surface area contributed by atoms with Crippen molar-refractivity contribution in [3.63, 3.8) is 0 Å². The number of carbonyl (C=O) groups excluding carboxylic acids is 1. The number of pyridine rings is 1. The number of rotatable bonds is 10. The zero-order valence-corrected chi connectivity index (χ0v) is 27.5. The van der Waals surface area contributed by atoms with Crippen molar-refractivity contribution in [1.82, 2.24) is 9.88 Å². The third-order valence-corrected chi connectivity index (χ3v) is 10.7. The summed E-state index contributed by atoms with van der Waals surface area (Å²) in [4.78, 5) is 32.8. The van der Waals surface area contributed by atoms with Gasteiger partial charge in [-0.3, -0.25) is 4.79 Å². The maximum atomic E-state index is 14.6. The third-order valence-electron chi connectivity index (χ3n) is 7.89. The molecule has 1 fully saturated rings. The first kappa shape index (κ1) is 31.5. The van der Waals surface area contributed by atoms with Crippen LogP contribution in [0.5, 0.6) is 5.75 Å². The molecule has 44 heavy (non-hydrogen) atoms. The summed E-state index contributed by atoms with van der Waals surface area (Å²) in [5.74, 6) is -3.42. The van der Waals surface area contributed by atoms with Crippen LogP contribution in [0.1, 0.15) is 43.5 Å². The summed E-state index contributed by atoms with van der Waals surface area (Å²) in [6.45, 7) is 3.54. The summed E-state index contributed by atoms with van der Waals surface area (Å²) in [5.41, 5.74) is 1.27. The van der Waals surface area contributed by atoms with Crippen LogP contribution in [-0.2, 0) is 19.4 Å². The molecule has 0 radical (unpaired) electrons. The van der Waals surface area contributed by atoms with Crippen LogP contribution < -0.4 is 14.5 Å². The first-order valence-electron chi connectivity index (χ1n) is 14.2. The van der Waals surface area contributed by atoms with Crippen LogP contribution in [0.15, 0.2) is 77.8 Å². The van der Waals surface area contributed by atoms with Gasteiger partial charge < -0.3 is 5.11 Å². The van der Waals surface area contributed by atoms with Gasteiger partial charge in [-0.25, -0.2) is 8.42 Å². The fraction of sp³-hybridized carbons (Fsp3) is 0.281. The zero-order valence-electron chi connectivity index (χ0n) is 24.2. The number of anilines is 1. The number of aliphatic carboxylic acids is 1. The molecular formula is C32H33AsFN3O6S. The molecule has 1 aliphatic heterocycles. The predicted octanol–water partition coefficient (Wildman–Crippen LogP) is 3.65. The second-order valence-electron chi connectivity index (χ2n) is 10.5. The topological polar surface area (TPSA) is 126 Å². The fourth-order valence-electron chi connectivity index (χ4n) is 5.72. The van der Waals surface area contributed by atoms with E-state index in [0.29, 0.717) is 11.3 Å². The molecule has 2 N–H and O–H groups in total. The van der Waals surface area contributed by atoms with Crippen molar-refractivity contribution in [2.75, 3.05) is 24.2 Å². The average Bonchev–Trinajstić information content (AvgIpc) is 3.47. The SMILES string of the molecule is CCOc1cc([C@@H](Nc2ccc3c([AsH2])nccc3c2)C(=O)N2CCC(C(=O)O)C2c2ccccc2S(=O)(=O)CC)ccc1F. The molecule has 12 heteroatoms. The minimum atomic E-state index is -3.74. The van der Waals surface area contributed by atoms with E-state index in [1.54, 1.807) is 31.3 Å². The Morgan fingerprint density at radius 3 is 2.64 bits per heavy atom. The van der Waals surface area contributed by atoms with Crippen molar-refractivity contribution in [3.05, 3.63) is 89.9 Å². The van der Waals surface area contributed by atoms with Crippen molar-refractivity contribution < 1.29 is 32.2 Å². The molecule has 230 valence electrons. The molecule has 0 aliphatic carbocycles. The van der Waals surface area contributed by atoms with Gasteiger partial charge >= 0.3 is 199 Å². The summed E-state index contributed by atoms with van der Waals surface area (Å²) in [6.07, 6.45) is 1.85. The number of carboxylic acid groups (broad SMARTS) is 1. The van der Waals surface area contributed by atoms with E-state index in [4.69, 9.17) is 4.74 Å². The number of aromatic nitrogens is 1. The number of nitrogens with one attached hydrogen (secondary N) is 1. The number of halogens is 1.